The number of hydrogen-bond donors (Lipinski definition) is 2. The lowest BCUT2D eigenvalue weighted by atomic mass is 10.3. The monoisotopic (exact) mass is 191 g/mol. The van der Waals surface area contributed by atoms with E-state index in [1.807, 2.05) is 18.2 Å². The zero-order chi connectivity index (χ0) is 9.80. The summed E-state index contributed by atoms with van der Waals surface area (Å²) in [7, 11) is 0. The van der Waals surface area contributed by atoms with Crippen LogP contribution in [0, 0.1) is 0 Å². The molecule has 0 saturated carbocycles. The zero-order valence-electron chi connectivity index (χ0n) is 8.08. The van der Waals surface area contributed by atoms with E-state index >= 15 is 0 Å². The van der Waals surface area contributed by atoms with E-state index in [1.54, 1.807) is 6.26 Å². The molecule has 0 spiro atoms. The van der Waals surface area contributed by atoms with Crippen LogP contribution >= 0.6 is 0 Å². The van der Waals surface area contributed by atoms with E-state index in [9.17, 15) is 0 Å². The molecule has 2 rings (SSSR count). The number of H-pyrrole nitrogens is 1. The molecule has 4 nitrogen and oxygen atoms in total. The van der Waals surface area contributed by atoms with Crippen molar-refractivity contribution < 1.29 is 4.42 Å². The van der Waals surface area contributed by atoms with Crippen LogP contribution in [0.4, 0.5) is 0 Å². The van der Waals surface area contributed by atoms with Crippen molar-refractivity contribution in [3.05, 3.63) is 30.2 Å². The van der Waals surface area contributed by atoms with Crippen LogP contribution in [-0.2, 0) is 6.54 Å². The smallest absolute Gasteiger partial charge is 0.154 e. The molecule has 2 heterocycles. The van der Waals surface area contributed by atoms with E-state index in [-0.39, 0.29) is 0 Å². The third-order valence-corrected chi connectivity index (χ3v) is 1.97. The lowest BCUT2D eigenvalue weighted by Gasteiger charge is -1.95. The second-order valence-electron chi connectivity index (χ2n) is 3.04. The van der Waals surface area contributed by atoms with Gasteiger partial charge < -0.3 is 9.73 Å². The zero-order valence-corrected chi connectivity index (χ0v) is 8.08. The van der Waals surface area contributed by atoms with Gasteiger partial charge in [-0.05, 0) is 24.7 Å². The van der Waals surface area contributed by atoms with E-state index in [1.165, 1.54) is 0 Å². The van der Waals surface area contributed by atoms with Gasteiger partial charge in [-0.2, -0.15) is 5.10 Å². The Morgan fingerprint density at radius 3 is 3.21 bits per heavy atom. The van der Waals surface area contributed by atoms with E-state index < -0.39 is 0 Å². The van der Waals surface area contributed by atoms with Gasteiger partial charge in [0.25, 0.3) is 0 Å². The van der Waals surface area contributed by atoms with Crippen LogP contribution in [0.1, 0.15) is 12.6 Å². The second-order valence-corrected chi connectivity index (χ2v) is 3.04. The van der Waals surface area contributed by atoms with Crippen molar-refractivity contribution in [1.82, 2.24) is 15.5 Å². The van der Waals surface area contributed by atoms with Crippen molar-refractivity contribution in [3.8, 4) is 11.5 Å². The first-order valence-electron chi connectivity index (χ1n) is 4.69. The van der Waals surface area contributed by atoms with Crippen LogP contribution < -0.4 is 5.32 Å². The van der Waals surface area contributed by atoms with Crippen LogP contribution in [0.15, 0.2) is 28.9 Å². The summed E-state index contributed by atoms with van der Waals surface area (Å²) in [4.78, 5) is 0. The first-order valence-corrected chi connectivity index (χ1v) is 4.69. The highest BCUT2D eigenvalue weighted by Gasteiger charge is 2.04. The Kier molecular flexibility index (Phi) is 2.65. The molecule has 0 saturated heterocycles. The SMILES string of the molecule is CCNCc1cc(-c2ccco2)n[nH]1. The molecule has 0 aliphatic carbocycles. The third kappa shape index (κ3) is 1.85. The molecule has 2 N–H and O–H groups in total. The van der Waals surface area contributed by atoms with E-state index in [0.29, 0.717) is 0 Å². The maximum absolute atomic E-state index is 5.23. The summed E-state index contributed by atoms with van der Waals surface area (Å²) in [6.07, 6.45) is 1.65. The fraction of sp³-hybridized carbons (Fsp3) is 0.300. The van der Waals surface area contributed by atoms with Crippen LogP contribution in [0.3, 0.4) is 0 Å². The molecule has 2 aromatic heterocycles. The largest absolute Gasteiger partial charge is 0.463 e. The first kappa shape index (κ1) is 9.02. The van der Waals surface area contributed by atoms with Crippen LogP contribution in [0.5, 0.6) is 0 Å². The Morgan fingerprint density at radius 1 is 1.57 bits per heavy atom. The molecule has 0 fully saturated rings. The molecular weight excluding hydrogens is 178 g/mol. The molecule has 0 atom stereocenters. The molecule has 2 aromatic rings. The van der Waals surface area contributed by atoms with Gasteiger partial charge >= 0.3 is 0 Å². The lowest BCUT2D eigenvalue weighted by Crippen LogP contribution is -2.11. The predicted octanol–water partition coefficient (Wildman–Crippen LogP) is 1.78. The van der Waals surface area contributed by atoms with Crippen molar-refractivity contribution in [3.63, 3.8) is 0 Å². The summed E-state index contributed by atoms with van der Waals surface area (Å²) in [5.74, 6) is 0.795. The van der Waals surface area contributed by atoms with Crippen molar-refractivity contribution >= 4 is 0 Å². The van der Waals surface area contributed by atoms with Gasteiger partial charge in [-0.1, -0.05) is 6.92 Å². The van der Waals surface area contributed by atoms with Crippen LogP contribution in [0.2, 0.25) is 0 Å². The van der Waals surface area contributed by atoms with Gasteiger partial charge in [0.1, 0.15) is 5.69 Å². The Balaban J connectivity index is 2.10. The molecule has 0 bridgehead atoms. The maximum Gasteiger partial charge on any atom is 0.154 e. The summed E-state index contributed by atoms with van der Waals surface area (Å²) in [6, 6.07) is 5.74. The average molecular weight is 191 g/mol. The molecular formula is C10H13N3O. The van der Waals surface area contributed by atoms with Crippen molar-refractivity contribution in [2.24, 2.45) is 0 Å². The number of rotatable bonds is 4. The number of nitrogens with zero attached hydrogens (tertiary/aromatic N) is 1. The fourth-order valence-electron chi connectivity index (χ4n) is 1.26. The Bertz CT molecular complexity index is 378. The second kappa shape index (κ2) is 4.11. The summed E-state index contributed by atoms with van der Waals surface area (Å²) in [5.41, 5.74) is 1.92. The number of aromatic amines is 1. The van der Waals surface area contributed by atoms with Gasteiger partial charge in [-0.15, -0.1) is 0 Å². The minimum atomic E-state index is 0.795. The van der Waals surface area contributed by atoms with Gasteiger partial charge in [-0.3, -0.25) is 5.10 Å². The highest BCUT2D eigenvalue weighted by Crippen LogP contribution is 2.17. The Labute approximate surface area is 82.3 Å². The summed E-state index contributed by atoms with van der Waals surface area (Å²) in [5, 5.41) is 10.3. The van der Waals surface area contributed by atoms with Gasteiger partial charge in [0.2, 0.25) is 0 Å². The van der Waals surface area contributed by atoms with Crippen LogP contribution in [-0.4, -0.2) is 16.7 Å². The normalized spacial score (nSPS) is 10.6. The van der Waals surface area contributed by atoms with Gasteiger partial charge in [0, 0.05) is 12.2 Å². The van der Waals surface area contributed by atoms with Crippen LogP contribution in [0.25, 0.3) is 11.5 Å². The van der Waals surface area contributed by atoms with Crippen molar-refractivity contribution in [2.75, 3.05) is 6.54 Å². The highest BCUT2D eigenvalue weighted by atomic mass is 16.3. The van der Waals surface area contributed by atoms with E-state index in [0.717, 1.165) is 30.2 Å². The van der Waals surface area contributed by atoms with Gasteiger partial charge in [0.15, 0.2) is 5.76 Å². The topological polar surface area (TPSA) is 53.9 Å². The number of nitrogens with one attached hydrogen (secondary N) is 2. The standard InChI is InChI=1S/C10H13N3O/c1-2-11-7-8-6-9(13-12-8)10-4-3-5-14-10/h3-6,11H,2,7H2,1H3,(H,12,13). The maximum atomic E-state index is 5.23. The third-order valence-electron chi connectivity index (χ3n) is 1.97. The van der Waals surface area contributed by atoms with E-state index in [2.05, 4.69) is 22.4 Å². The molecule has 0 aliphatic heterocycles. The molecule has 4 heteroatoms. The average Bonchev–Trinajstić information content (AvgIpc) is 2.85. The van der Waals surface area contributed by atoms with Crippen molar-refractivity contribution in [2.45, 2.75) is 13.5 Å². The fourth-order valence-corrected chi connectivity index (χ4v) is 1.26. The van der Waals surface area contributed by atoms with E-state index in [4.69, 9.17) is 4.42 Å². The number of hydrogen-bond acceptors (Lipinski definition) is 3. The minimum Gasteiger partial charge on any atom is -0.463 e. The molecule has 0 unspecified atom stereocenters. The predicted molar refractivity (Wildman–Crippen MR) is 53.7 cm³/mol. The molecule has 74 valence electrons. The highest BCUT2D eigenvalue weighted by molar-refractivity contribution is 5.51. The molecule has 0 amide bonds. The summed E-state index contributed by atoms with van der Waals surface area (Å²) < 4.78 is 5.23. The van der Waals surface area contributed by atoms with Gasteiger partial charge in [0.05, 0.1) is 6.26 Å². The Hall–Kier alpha value is -1.55. The lowest BCUT2D eigenvalue weighted by molar-refractivity contribution is 0.580. The quantitative estimate of drug-likeness (QED) is 0.774. The van der Waals surface area contributed by atoms with Crippen molar-refractivity contribution in [1.29, 1.82) is 0 Å². The molecule has 0 aromatic carbocycles. The molecule has 0 aliphatic rings. The summed E-state index contributed by atoms with van der Waals surface area (Å²) >= 11 is 0. The molecule has 14 heavy (non-hydrogen) atoms. The number of furan rings is 1. The number of aromatic nitrogens is 2. The molecule has 0 radical (unpaired) electrons. The minimum absolute atomic E-state index is 0.795. The first-order chi connectivity index (χ1) is 6.90. The van der Waals surface area contributed by atoms with Gasteiger partial charge in [-0.25, -0.2) is 0 Å². The Morgan fingerprint density at radius 2 is 2.50 bits per heavy atom. The summed E-state index contributed by atoms with van der Waals surface area (Å²) in [6.45, 7) is 3.84.